The lowest BCUT2D eigenvalue weighted by Crippen LogP contribution is -2.08. The Balaban J connectivity index is 2.57. The molecule has 2 aromatic heterocycles. The topological polar surface area (TPSA) is 68.9 Å². The molecule has 0 atom stereocenters. The van der Waals surface area contributed by atoms with Gasteiger partial charge in [0, 0.05) is 11.8 Å². The Bertz CT molecular complexity index is 701. The largest absolute Gasteiger partial charge is 0.433 e. The van der Waals surface area contributed by atoms with Gasteiger partial charge in [0.25, 0.3) is 0 Å². The quantitative estimate of drug-likeness (QED) is 0.681. The normalized spacial score (nSPS) is 11.5. The summed E-state index contributed by atoms with van der Waals surface area (Å²) in [6.45, 7) is 0. The lowest BCUT2D eigenvalue weighted by atomic mass is 10.1. The van der Waals surface area contributed by atoms with E-state index in [4.69, 9.17) is 17.3 Å². The number of aromatic nitrogens is 2. The van der Waals surface area contributed by atoms with Gasteiger partial charge in [-0.3, -0.25) is 9.78 Å². The van der Waals surface area contributed by atoms with Gasteiger partial charge in [-0.15, -0.1) is 0 Å². The van der Waals surface area contributed by atoms with Crippen LogP contribution < -0.4 is 5.73 Å². The summed E-state index contributed by atoms with van der Waals surface area (Å²) in [4.78, 5) is 17.6. The summed E-state index contributed by atoms with van der Waals surface area (Å²) < 4.78 is 51.2. The summed E-state index contributed by atoms with van der Waals surface area (Å²) in [5, 5.41) is -0.355. The number of rotatable bonds is 2. The standard InChI is InChI=1S/C12H6ClF4N3O/c13-8-6(4-21)20-11(9(14)10(8)18)5-1-2-7(19-3-5)12(15,16)17/h1-4H,(H2,18,20). The first-order valence-electron chi connectivity index (χ1n) is 5.39. The van der Waals surface area contributed by atoms with E-state index in [1.807, 2.05) is 0 Å². The van der Waals surface area contributed by atoms with Gasteiger partial charge in [-0.05, 0) is 12.1 Å². The maximum absolute atomic E-state index is 14.0. The summed E-state index contributed by atoms with van der Waals surface area (Å²) in [6, 6.07) is 1.64. The average molecular weight is 320 g/mol. The highest BCUT2D eigenvalue weighted by Crippen LogP contribution is 2.32. The number of aldehydes is 1. The molecule has 110 valence electrons. The maximum Gasteiger partial charge on any atom is 0.433 e. The first-order chi connectivity index (χ1) is 9.75. The van der Waals surface area contributed by atoms with E-state index < -0.39 is 29.1 Å². The third-order valence-electron chi connectivity index (χ3n) is 2.58. The molecule has 0 amide bonds. The summed E-state index contributed by atoms with van der Waals surface area (Å²) >= 11 is 5.62. The first-order valence-corrected chi connectivity index (χ1v) is 5.76. The number of alkyl halides is 3. The molecule has 0 aliphatic carbocycles. The van der Waals surface area contributed by atoms with Gasteiger partial charge in [-0.2, -0.15) is 13.2 Å². The van der Waals surface area contributed by atoms with Gasteiger partial charge in [-0.1, -0.05) is 11.6 Å². The number of carbonyl (C=O) groups is 1. The molecule has 0 bridgehead atoms. The summed E-state index contributed by atoms with van der Waals surface area (Å²) in [7, 11) is 0. The Morgan fingerprint density at radius 3 is 2.43 bits per heavy atom. The van der Waals surface area contributed by atoms with Crippen molar-refractivity contribution in [2.45, 2.75) is 6.18 Å². The van der Waals surface area contributed by atoms with Crippen molar-refractivity contribution in [1.29, 1.82) is 0 Å². The molecule has 0 unspecified atom stereocenters. The highest BCUT2D eigenvalue weighted by molar-refractivity contribution is 6.35. The molecule has 0 radical (unpaired) electrons. The fourth-order valence-electron chi connectivity index (χ4n) is 1.55. The molecule has 2 heterocycles. The van der Waals surface area contributed by atoms with Gasteiger partial charge >= 0.3 is 6.18 Å². The number of carbonyl (C=O) groups excluding carboxylic acids is 1. The molecule has 2 rings (SSSR count). The second-order valence-corrected chi connectivity index (χ2v) is 4.31. The number of hydrogen-bond acceptors (Lipinski definition) is 4. The Morgan fingerprint density at radius 2 is 1.95 bits per heavy atom. The number of nitrogens with zero attached hydrogens (tertiary/aromatic N) is 2. The molecule has 4 nitrogen and oxygen atoms in total. The van der Waals surface area contributed by atoms with Crippen LogP contribution in [-0.2, 0) is 6.18 Å². The van der Waals surface area contributed by atoms with E-state index in [2.05, 4.69) is 9.97 Å². The van der Waals surface area contributed by atoms with Crippen molar-refractivity contribution >= 4 is 23.6 Å². The van der Waals surface area contributed by atoms with Gasteiger partial charge in [-0.25, -0.2) is 9.37 Å². The van der Waals surface area contributed by atoms with E-state index in [-0.39, 0.29) is 22.6 Å². The van der Waals surface area contributed by atoms with E-state index in [1.54, 1.807) is 0 Å². The van der Waals surface area contributed by atoms with Gasteiger partial charge in [0.2, 0.25) is 0 Å². The lowest BCUT2D eigenvalue weighted by molar-refractivity contribution is -0.141. The number of pyridine rings is 2. The minimum absolute atomic E-state index is 0.0630. The molecule has 0 aliphatic heterocycles. The molecule has 0 aliphatic rings. The molecule has 0 fully saturated rings. The molecule has 9 heteroatoms. The van der Waals surface area contributed by atoms with Crippen LogP contribution in [0.4, 0.5) is 23.2 Å². The first kappa shape index (κ1) is 15.2. The second-order valence-electron chi connectivity index (χ2n) is 3.94. The van der Waals surface area contributed by atoms with Crippen LogP contribution in [0.1, 0.15) is 16.2 Å². The summed E-state index contributed by atoms with van der Waals surface area (Å²) in [5.74, 6) is -1.04. The molecule has 21 heavy (non-hydrogen) atoms. The van der Waals surface area contributed by atoms with Crippen molar-refractivity contribution in [3.05, 3.63) is 40.6 Å². The average Bonchev–Trinajstić information content (AvgIpc) is 2.44. The van der Waals surface area contributed by atoms with Gasteiger partial charge in [0.15, 0.2) is 12.1 Å². The smallest absolute Gasteiger partial charge is 0.395 e. The van der Waals surface area contributed by atoms with Crippen molar-refractivity contribution in [2.75, 3.05) is 5.73 Å². The number of halogens is 5. The molecular formula is C12H6ClF4N3O. The van der Waals surface area contributed by atoms with Crippen molar-refractivity contribution in [3.8, 4) is 11.3 Å². The summed E-state index contributed by atoms with van der Waals surface area (Å²) in [5.41, 5.74) is 2.96. The molecule has 0 saturated carbocycles. The SMILES string of the molecule is Nc1c(F)c(-c2ccc(C(F)(F)F)nc2)nc(C=O)c1Cl. The van der Waals surface area contributed by atoms with Crippen LogP contribution in [0.15, 0.2) is 18.3 Å². The maximum atomic E-state index is 14.0. The van der Waals surface area contributed by atoms with E-state index in [0.717, 1.165) is 12.3 Å². The van der Waals surface area contributed by atoms with Gasteiger partial charge in [0.05, 0.1) is 10.7 Å². The monoisotopic (exact) mass is 319 g/mol. The van der Waals surface area contributed by atoms with Crippen LogP contribution in [0.5, 0.6) is 0 Å². The van der Waals surface area contributed by atoms with Crippen molar-refractivity contribution < 1.29 is 22.4 Å². The Kier molecular flexibility index (Phi) is 3.82. The molecule has 2 aromatic rings. The minimum Gasteiger partial charge on any atom is -0.395 e. The van der Waals surface area contributed by atoms with E-state index in [1.165, 1.54) is 0 Å². The van der Waals surface area contributed by atoms with E-state index in [0.29, 0.717) is 6.07 Å². The van der Waals surface area contributed by atoms with Crippen LogP contribution in [0.2, 0.25) is 5.02 Å². The van der Waals surface area contributed by atoms with Crippen LogP contribution in [0, 0.1) is 5.82 Å². The fourth-order valence-corrected chi connectivity index (χ4v) is 1.72. The zero-order valence-electron chi connectivity index (χ0n) is 10.1. The predicted molar refractivity (Wildman–Crippen MR) is 67.2 cm³/mol. The zero-order chi connectivity index (χ0) is 15.8. The highest BCUT2D eigenvalue weighted by atomic mass is 35.5. The van der Waals surface area contributed by atoms with Gasteiger partial charge in [0.1, 0.15) is 17.1 Å². The fraction of sp³-hybridized carbons (Fsp3) is 0.0833. The second kappa shape index (κ2) is 5.28. The molecule has 0 saturated heterocycles. The highest BCUT2D eigenvalue weighted by Gasteiger charge is 2.32. The zero-order valence-corrected chi connectivity index (χ0v) is 10.8. The van der Waals surface area contributed by atoms with Gasteiger partial charge < -0.3 is 5.73 Å². The number of nitrogen functional groups attached to an aromatic ring is 1. The Labute approximate surface area is 120 Å². The van der Waals surface area contributed by atoms with E-state index >= 15 is 0 Å². The number of hydrogen-bond donors (Lipinski definition) is 1. The van der Waals surface area contributed by atoms with Crippen LogP contribution in [0.3, 0.4) is 0 Å². The third-order valence-corrected chi connectivity index (χ3v) is 2.97. The summed E-state index contributed by atoms with van der Waals surface area (Å²) in [6.07, 6.45) is -3.56. The van der Waals surface area contributed by atoms with Crippen molar-refractivity contribution in [1.82, 2.24) is 9.97 Å². The van der Waals surface area contributed by atoms with Crippen LogP contribution >= 0.6 is 11.6 Å². The van der Waals surface area contributed by atoms with Crippen molar-refractivity contribution in [3.63, 3.8) is 0 Å². The molecule has 0 spiro atoms. The minimum atomic E-state index is -4.61. The molecule has 0 aromatic carbocycles. The lowest BCUT2D eigenvalue weighted by Gasteiger charge is -2.09. The third kappa shape index (κ3) is 2.80. The Hall–Kier alpha value is -2.22. The Morgan fingerprint density at radius 1 is 1.29 bits per heavy atom. The van der Waals surface area contributed by atoms with Crippen LogP contribution in [-0.4, -0.2) is 16.3 Å². The predicted octanol–water partition coefficient (Wildman–Crippen LogP) is 3.35. The van der Waals surface area contributed by atoms with Crippen LogP contribution in [0.25, 0.3) is 11.3 Å². The number of anilines is 1. The number of nitrogens with two attached hydrogens (primary N) is 1. The molecular weight excluding hydrogens is 314 g/mol. The van der Waals surface area contributed by atoms with E-state index in [9.17, 15) is 22.4 Å². The van der Waals surface area contributed by atoms with Crippen molar-refractivity contribution in [2.24, 2.45) is 0 Å². The molecule has 2 N–H and O–H groups in total.